The predicted molar refractivity (Wildman–Crippen MR) is 162 cm³/mol. The third kappa shape index (κ3) is 5.62. The second-order valence-corrected chi connectivity index (χ2v) is 14.8. The molecular weight excluding hydrogens is 532 g/mol. The molecule has 4 aliphatic rings. The first-order valence-electron chi connectivity index (χ1n) is 16.2. The molecule has 1 aromatic carbocycles. The van der Waals surface area contributed by atoms with Crippen molar-refractivity contribution in [2.45, 2.75) is 111 Å². The van der Waals surface area contributed by atoms with Crippen LogP contribution >= 0.6 is 0 Å². The van der Waals surface area contributed by atoms with Gasteiger partial charge in [0, 0.05) is 18.6 Å². The van der Waals surface area contributed by atoms with Gasteiger partial charge in [-0.05, 0) is 91.3 Å². The largest absolute Gasteiger partial charge is 0.458 e. The van der Waals surface area contributed by atoms with Crippen molar-refractivity contribution >= 4 is 17.3 Å². The normalized spacial score (nSPS) is 34.5. The lowest BCUT2D eigenvalue weighted by molar-refractivity contribution is -0.394. The number of carbonyl (C=O) groups is 1. The van der Waals surface area contributed by atoms with Gasteiger partial charge in [0.15, 0.2) is 0 Å². The third-order valence-corrected chi connectivity index (χ3v) is 12.1. The van der Waals surface area contributed by atoms with Crippen LogP contribution in [0.3, 0.4) is 0 Å². The number of ether oxygens (including phenoxy) is 1. The number of rotatable bonds is 9. The highest BCUT2D eigenvalue weighted by Crippen LogP contribution is 2.67. The lowest BCUT2D eigenvalue weighted by atomic mass is 9.47. The number of nitro groups is 2. The molecule has 5 rings (SSSR count). The maximum absolute atomic E-state index is 13.0. The molecule has 0 radical (unpaired) electrons. The fourth-order valence-electron chi connectivity index (χ4n) is 9.90. The minimum absolute atomic E-state index is 0.110. The number of nitro benzene ring substituents is 2. The number of carbonyl (C=O) groups excluding carboxylic acids is 1. The van der Waals surface area contributed by atoms with Crippen LogP contribution < -0.4 is 0 Å². The zero-order chi connectivity index (χ0) is 30.4. The first-order chi connectivity index (χ1) is 19.8. The molecule has 0 bridgehead atoms. The summed E-state index contributed by atoms with van der Waals surface area (Å²) in [6, 6.07) is 2.99. The summed E-state index contributed by atoms with van der Waals surface area (Å²) in [5.74, 6) is 3.81. The van der Waals surface area contributed by atoms with Crippen molar-refractivity contribution in [3.05, 3.63) is 55.6 Å². The topological polar surface area (TPSA) is 113 Å². The molecule has 3 saturated carbocycles. The number of hydrogen-bond donors (Lipinski definition) is 0. The van der Waals surface area contributed by atoms with Gasteiger partial charge in [0.2, 0.25) is 0 Å². The highest BCUT2D eigenvalue weighted by Gasteiger charge is 2.59. The van der Waals surface area contributed by atoms with Crippen molar-refractivity contribution in [3.63, 3.8) is 0 Å². The summed E-state index contributed by atoms with van der Waals surface area (Å²) >= 11 is 0. The van der Waals surface area contributed by atoms with Gasteiger partial charge in [-0.15, -0.1) is 0 Å². The van der Waals surface area contributed by atoms with Crippen molar-refractivity contribution in [1.29, 1.82) is 0 Å². The summed E-state index contributed by atoms with van der Waals surface area (Å²) in [4.78, 5) is 34.1. The van der Waals surface area contributed by atoms with Crippen LogP contribution in [0.5, 0.6) is 0 Å². The van der Waals surface area contributed by atoms with Crippen molar-refractivity contribution in [2.24, 2.45) is 46.3 Å². The molecular formula is C34H48N2O6. The molecule has 3 fully saturated rings. The Bertz CT molecular complexity index is 1230. The zero-order valence-electron chi connectivity index (χ0n) is 26.0. The highest BCUT2D eigenvalue weighted by molar-refractivity contribution is 5.91. The molecule has 8 nitrogen and oxygen atoms in total. The second kappa shape index (κ2) is 11.7. The molecule has 0 aromatic heterocycles. The Hall–Kier alpha value is -2.77. The van der Waals surface area contributed by atoms with Crippen LogP contribution in [0.4, 0.5) is 11.4 Å². The van der Waals surface area contributed by atoms with Gasteiger partial charge in [-0.25, -0.2) is 4.79 Å². The van der Waals surface area contributed by atoms with E-state index in [2.05, 4.69) is 40.7 Å². The average molecular weight is 581 g/mol. The van der Waals surface area contributed by atoms with E-state index in [0.29, 0.717) is 17.8 Å². The summed E-state index contributed by atoms with van der Waals surface area (Å²) in [5, 5.41) is 22.6. The first-order valence-corrected chi connectivity index (χ1v) is 16.2. The summed E-state index contributed by atoms with van der Waals surface area (Å²) in [6.45, 7) is 12.2. The Morgan fingerprint density at radius 2 is 1.64 bits per heavy atom. The molecule has 0 amide bonds. The van der Waals surface area contributed by atoms with Gasteiger partial charge < -0.3 is 4.74 Å². The van der Waals surface area contributed by atoms with Crippen LogP contribution in [0.2, 0.25) is 0 Å². The monoisotopic (exact) mass is 580 g/mol. The molecule has 8 atom stereocenters. The molecule has 42 heavy (non-hydrogen) atoms. The fraction of sp³-hybridized carbons (Fsp3) is 0.735. The molecule has 1 aromatic rings. The van der Waals surface area contributed by atoms with E-state index in [4.69, 9.17) is 4.74 Å². The van der Waals surface area contributed by atoms with E-state index in [9.17, 15) is 25.0 Å². The van der Waals surface area contributed by atoms with Gasteiger partial charge >= 0.3 is 5.97 Å². The first kappa shape index (κ1) is 30.7. The van der Waals surface area contributed by atoms with Gasteiger partial charge in [0.1, 0.15) is 6.10 Å². The SMILES string of the molecule is CC(C)CCC[C@@H](C)[C@H]1CC[C@H]2[C@@H]3CC=C4CC(OC(=O)c5cc([N+](=O)[O-])cc([N+](=O)[O-])c5)CC[C@]4(C)[C@H]3CC[C@]12C. The van der Waals surface area contributed by atoms with E-state index >= 15 is 0 Å². The quantitative estimate of drug-likeness (QED) is 0.125. The van der Waals surface area contributed by atoms with Crippen molar-refractivity contribution in [1.82, 2.24) is 0 Å². The van der Waals surface area contributed by atoms with E-state index < -0.39 is 27.2 Å². The molecule has 0 saturated heterocycles. The second-order valence-electron chi connectivity index (χ2n) is 14.8. The van der Waals surface area contributed by atoms with Crippen molar-refractivity contribution in [2.75, 3.05) is 0 Å². The van der Waals surface area contributed by atoms with Gasteiger partial charge in [0.05, 0.1) is 21.5 Å². The number of non-ortho nitro benzene ring substituents is 2. The summed E-state index contributed by atoms with van der Waals surface area (Å²) in [5.41, 5.74) is 0.806. The number of benzene rings is 1. The number of nitrogens with zero attached hydrogens (tertiary/aromatic N) is 2. The van der Waals surface area contributed by atoms with Gasteiger partial charge in [0.25, 0.3) is 11.4 Å². The summed E-state index contributed by atoms with van der Waals surface area (Å²) in [7, 11) is 0. The summed E-state index contributed by atoms with van der Waals surface area (Å²) < 4.78 is 5.82. The molecule has 0 N–H and O–H groups in total. The van der Waals surface area contributed by atoms with Crippen LogP contribution in [-0.2, 0) is 4.74 Å². The van der Waals surface area contributed by atoms with Crippen molar-refractivity contribution < 1.29 is 19.4 Å². The Balaban J connectivity index is 1.27. The molecule has 8 heteroatoms. The minimum Gasteiger partial charge on any atom is -0.458 e. The molecule has 0 spiro atoms. The Labute approximate surface area is 250 Å². The van der Waals surface area contributed by atoms with Gasteiger partial charge in [-0.3, -0.25) is 20.2 Å². The molecule has 4 aliphatic carbocycles. The van der Waals surface area contributed by atoms with Crippen LogP contribution in [0, 0.1) is 66.6 Å². The lowest BCUT2D eigenvalue weighted by Gasteiger charge is -2.58. The maximum Gasteiger partial charge on any atom is 0.338 e. The summed E-state index contributed by atoms with van der Waals surface area (Å²) in [6.07, 6.45) is 14.9. The molecule has 0 heterocycles. The number of allylic oxidation sites excluding steroid dienone is 1. The average Bonchev–Trinajstić information content (AvgIpc) is 3.30. The maximum atomic E-state index is 13.0. The standard InChI is InChI=1S/C34H48N2O6/c1-21(2)7-6-8-22(3)29-11-12-30-28-10-9-24-19-27(13-15-33(24,4)31(28)14-16-34(29,30)5)42-32(37)23-17-25(35(38)39)20-26(18-23)36(40)41/h9,17-18,20-22,27-31H,6-8,10-16,19H2,1-5H3/t22-,27?,28+,29-,30+,31+,33+,34-/m1/s1. The van der Waals surface area contributed by atoms with Gasteiger partial charge in [-0.2, -0.15) is 0 Å². The Kier molecular flexibility index (Phi) is 8.56. The minimum atomic E-state index is -0.738. The van der Waals surface area contributed by atoms with Crippen LogP contribution in [0.1, 0.15) is 116 Å². The number of hydrogen-bond acceptors (Lipinski definition) is 6. The number of fused-ring (bicyclic) bond motifs is 5. The molecule has 230 valence electrons. The van der Waals surface area contributed by atoms with E-state index in [0.717, 1.165) is 67.1 Å². The Morgan fingerprint density at radius 3 is 2.29 bits per heavy atom. The van der Waals surface area contributed by atoms with E-state index in [-0.39, 0.29) is 17.1 Å². The zero-order valence-corrected chi connectivity index (χ0v) is 26.0. The van der Waals surface area contributed by atoms with Crippen LogP contribution in [0.15, 0.2) is 29.8 Å². The predicted octanol–water partition coefficient (Wildman–Crippen LogP) is 9.07. The number of esters is 1. The lowest BCUT2D eigenvalue weighted by Crippen LogP contribution is -2.51. The van der Waals surface area contributed by atoms with Gasteiger partial charge in [-0.1, -0.05) is 65.5 Å². The van der Waals surface area contributed by atoms with Crippen LogP contribution in [0.25, 0.3) is 0 Å². The smallest absolute Gasteiger partial charge is 0.338 e. The van der Waals surface area contributed by atoms with E-state index in [1.807, 2.05) is 0 Å². The Morgan fingerprint density at radius 1 is 0.952 bits per heavy atom. The molecule has 1 unspecified atom stereocenters. The third-order valence-electron chi connectivity index (χ3n) is 12.1. The molecule has 0 aliphatic heterocycles. The van der Waals surface area contributed by atoms with Crippen LogP contribution in [-0.4, -0.2) is 21.9 Å². The van der Waals surface area contributed by atoms with E-state index in [1.165, 1.54) is 50.5 Å². The highest BCUT2D eigenvalue weighted by atomic mass is 16.6. The van der Waals surface area contributed by atoms with E-state index in [1.54, 1.807) is 0 Å². The fourth-order valence-corrected chi connectivity index (χ4v) is 9.90. The van der Waals surface area contributed by atoms with Crippen molar-refractivity contribution in [3.8, 4) is 0 Å².